The molecule has 4 N–H and O–H groups in total. The van der Waals surface area contributed by atoms with Crippen molar-refractivity contribution < 1.29 is 23.9 Å². The molecule has 2 aromatic heterocycles. The smallest absolute Gasteiger partial charge is 0.270 e. The van der Waals surface area contributed by atoms with Gasteiger partial charge in [0.05, 0.1) is 30.1 Å². The van der Waals surface area contributed by atoms with Crippen LogP contribution in [0.5, 0.6) is 0 Å². The van der Waals surface area contributed by atoms with Gasteiger partial charge in [0, 0.05) is 56.8 Å². The Labute approximate surface area is 286 Å². The predicted octanol–water partition coefficient (Wildman–Crippen LogP) is 4.89. The number of rotatable bonds is 10. The molecule has 2 aliphatic heterocycles. The van der Waals surface area contributed by atoms with Crippen LogP contribution in [-0.2, 0) is 19.1 Å². The van der Waals surface area contributed by atoms with Crippen LogP contribution in [0.1, 0.15) is 61.6 Å². The Morgan fingerprint density at radius 1 is 1.17 bits per heavy atom. The summed E-state index contributed by atoms with van der Waals surface area (Å²) in [4.78, 5) is 31.6. The highest BCUT2D eigenvalue weighted by Crippen LogP contribution is 2.32. The van der Waals surface area contributed by atoms with E-state index in [9.17, 15) is 4.79 Å². The van der Waals surface area contributed by atoms with Crippen molar-refractivity contribution in [3.8, 4) is 16.9 Å². The van der Waals surface area contributed by atoms with Crippen LogP contribution >= 0.6 is 0 Å². The number of nitrogens with zero attached hydrogens (tertiary/aromatic N) is 4. The minimum absolute atomic E-state index is 0.0127. The fourth-order valence-corrected chi connectivity index (χ4v) is 5.36. The number of hydroxylamine groups is 2. The van der Waals surface area contributed by atoms with Crippen molar-refractivity contribution in [2.75, 3.05) is 52.4 Å². The molecule has 5 rings (SSSR count). The van der Waals surface area contributed by atoms with Crippen molar-refractivity contribution in [1.82, 2.24) is 25.1 Å². The SMILES string of the molecule is C/C=C\CC.C=O.CN.COCCN1C[C@@H](Nc2c(C)c(-c3cnc(C(=O)NC4CCOCC4)c(C)c3)nn2-c2ccccc2)[C@H](C)O1. The van der Waals surface area contributed by atoms with Gasteiger partial charge < -0.3 is 30.6 Å². The summed E-state index contributed by atoms with van der Waals surface area (Å²) in [6, 6.07) is 12.3. The maximum atomic E-state index is 12.9. The standard InChI is InChI=1S/C29H38N6O4.C5H10.CH5N.CH2O/c1-19-16-22(17-30-26(19)29(36)31-23-10-13-38-14-11-23)27-20(2)28(35(33-27)24-8-6-5-7-9-24)32-25-18-34(12-15-37-4)39-21(25)3;1-3-5-4-2;2*1-2/h5-9,16-17,21,23,25,32H,10-15,18H2,1-4H3,(H,31,36);3,5H,4H2,1-2H3;2H2,1H3;1H2/b;5-3-;;/t21-,25+;;;/m0.../s1. The van der Waals surface area contributed by atoms with Crippen molar-refractivity contribution in [2.45, 2.75) is 72.1 Å². The van der Waals surface area contributed by atoms with E-state index in [4.69, 9.17) is 24.2 Å². The maximum absolute atomic E-state index is 12.9. The van der Waals surface area contributed by atoms with Gasteiger partial charge in [0.25, 0.3) is 5.91 Å². The zero-order valence-corrected chi connectivity index (χ0v) is 29.7. The highest BCUT2D eigenvalue weighted by Gasteiger charge is 2.32. The molecule has 12 heteroatoms. The molecule has 2 saturated heterocycles. The lowest BCUT2D eigenvalue weighted by Gasteiger charge is -2.23. The number of benzene rings is 1. The van der Waals surface area contributed by atoms with Crippen molar-refractivity contribution in [3.63, 3.8) is 0 Å². The fraction of sp³-hybridized carbons (Fsp3) is 0.500. The van der Waals surface area contributed by atoms with Crippen LogP contribution < -0.4 is 16.4 Å². The highest BCUT2D eigenvalue weighted by atomic mass is 16.7. The summed E-state index contributed by atoms with van der Waals surface area (Å²) < 4.78 is 12.6. The van der Waals surface area contributed by atoms with E-state index in [-0.39, 0.29) is 24.1 Å². The molecule has 0 unspecified atom stereocenters. The zero-order valence-electron chi connectivity index (χ0n) is 29.7. The van der Waals surface area contributed by atoms with Crippen LogP contribution in [0.15, 0.2) is 54.7 Å². The van der Waals surface area contributed by atoms with Crippen molar-refractivity contribution in [2.24, 2.45) is 5.73 Å². The van der Waals surface area contributed by atoms with Gasteiger partial charge in [-0.05, 0) is 77.8 Å². The molecule has 0 saturated carbocycles. The minimum Gasteiger partial charge on any atom is -0.383 e. The molecule has 264 valence electrons. The van der Waals surface area contributed by atoms with Gasteiger partial charge in [-0.3, -0.25) is 14.6 Å². The van der Waals surface area contributed by atoms with Crippen molar-refractivity contribution >= 4 is 18.5 Å². The van der Waals surface area contributed by atoms with E-state index in [0.717, 1.165) is 59.7 Å². The van der Waals surface area contributed by atoms with E-state index >= 15 is 0 Å². The predicted molar refractivity (Wildman–Crippen MR) is 191 cm³/mol. The summed E-state index contributed by atoms with van der Waals surface area (Å²) in [5, 5.41) is 13.8. The minimum atomic E-state index is -0.145. The number of anilines is 1. The van der Waals surface area contributed by atoms with Crippen LogP contribution in [0.3, 0.4) is 0 Å². The topological polar surface area (TPSA) is 146 Å². The molecule has 48 heavy (non-hydrogen) atoms. The molecule has 12 nitrogen and oxygen atoms in total. The van der Waals surface area contributed by atoms with E-state index in [1.165, 1.54) is 7.05 Å². The number of hydrogen-bond acceptors (Lipinski definition) is 10. The van der Waals surface area contributed by atoms with Gasteiger partial charge in [0.2, 0.25) is 0 Å². The monoisotopic (exact) mass is 665 g/mol. The summed E-state index contributed by atoms with van der Waals surface area (Å²) in [6.07, 6.45) is 8.72. The number of carbonyl (C=O) groups excluding carboxylic acids is 2. The number of allylic oxidation sites excluding steroid dienone is 2. The molecule has 4 heterocycles. The van der Waals surface area contributed by atoms with E-state index in [1.54, 1.807) is 13.3 Å². The number of hydrogen-bond donors (Lipinski definition) is 3. The number of nitrogens with one attached hydrogen (secondary N) is 2. The quantitative estimate of drug-likeness (QED) is 0.256. The fourth-order valence-electron chi connectivity index (χ4n) is 5.36. The van der Waals surface area contributed by atoms with Crippen LogP contribution in [0.25, 0.3) is 16.9 Å². The van der Waals surface area contributed by atoms with Crippen LogP contribution in [0.4, 0.5) is 5.82 Å². The Kier molecular flexibility index (Phi) is 18.3. The molecule has 2 atom stereocenters. The van der Waals surface area contributed by atoms with Crippen molar-refractivity contribution in [3.05, 3.63) is 71.6 Å². The van der Waals surface area contributed by atoms with E-state index in [2.05, 4.69) is 54.3 Å². The first-order valence-corrected chi connectivity index (χ1v) is 16.5. The average molecular weight is 666 g/mol. The first-order valence-electron chi connectivity index (χ1n) is 16.5. The third kappa shape index (κ3) is 11.3. The molecular weight excluding hydrogens is 610 g/mol. The zero-order chi connectivity index (χ0) is 35.5. The molecule has 2 fully saturated rings. The molecule has 0 radical (unpaired) electrons. The highest BCUT2D eigenvalue weighted by molar-refractivity contribution is 5.94. The third-order valence-corrected chi connectivity index (χ3v) is 7.87. The molecule has 0 spiro atoms. The summed E-state index contributed by atoms with van der Waals surface area (Å²) in [5.74, 6) is 0.761. The number of carbonyl (C=O) groups is 2. The molecule has 3 aromatic rings. The number of aryl methyl sites for hydroxylation is 1. The Balaban J connectivity index is 0.000000803. The molecule has 1 amide bonds. The van der Waals surface area contributed by atoms with Crippen LogP contribution in [0.2, 0.25) is 0 Å². The second-order valence-corrected chi connectivity index (χ2v) is 11.2. The number of amides is 1. The largest absolute Gasteiger partial charge is 0.383 e. The summed E-state index contributed by atoms with van der Waals surface area (Å²) in [7, 11) is 3.19. The second-order valence-electron chi connectivity index (χ2n) is 11.2. The number of ether oxygens (including phenoxy) is 2. The lowest BCUT2D eigenvalue weighted by molar-refractivity contribution is -0.146. The van der Waals surface area contributed by atoms with Gasteiger partial charge in [-0.2, -0.15) is 10.2 Å². The first kappa shape index (κ1) is 40.2. The van der Waals surface area contributed by atoms with Crippen LogP contribution in [-0.4, -0.2) is 97.8 Å². The van der Waals surface area contributed by atoms with Gasteiger partial charge in [0.15, 0.2) is 0 Å². The van der Waals surface area contributed by atoms with E-state index in [0.29, 0.717) is 32.1 Å². The average Bonchev–Trinajstić information content (AvgIpc) is 3.64. The maximum Gasteiger partial charge on any atom is 0.270 e. The molecule has 0 bridgehead atoms. The number of nitrogens with two attached hydrogens (primary N) is 1. The van der Waals surface area contributed by atoms with Gasteiger partial charge in [0.1, 0.15) is 18.3 Å². The Morgan fingerprint density at radius 3 is 2.44 bits per heavy atom. The van der Waals surface area contributed by atoms with Gasteiger partial charge in [-0.15, -0.1) is 0 Å². The summed E-state index contributed by atoms with van der Waals surface area (Å²) >= 11 is 0. The molecule has 1 aromatic carbocycles. The summed E-state index contributed by atoms with van der Waals surface area (Å²) in [5.41, 5.74) is 9.39. The van der Waals surface area contributed by atoms with E-state index < -0.39 is 0 Å². The number of para-hydroxylation sites is 1. The third-order valence-electron chi connectivity index (χ3n) is 7.87. The van der Waals surface area contributed by atoms with Crippen LogP contribution in [0, 0.1) is 13.8 Å². The molecule has 2 aliphatic rings. The Bertz CT molecular complexity index is 1390. The number of pyridine rings is 1. The Morgan fingerprint density at radius 2 is 1.85 bits per heavy atom. The first-order chi connectivity index (χ1) is 23.4. The van der Waals surface area contributed by atoms with E-state index in [1.807, 2.05) is 66.8 Å². The van der Waals surface area contributed by atoms with Gasteiger partial charge >= 0.3 is 0 Å². The lowest BCUT2D eigenvalue weighted by Crippen LogP contribution is -2.39. The number of methoxy groups -OCH3 is 1. The van der Waals surface area contributed by atoms with Crippen molar-refractivity contribution in [1.29, 1.82) is 0 Å². The Hall–Kier alpha value is -3.94. The lowest BCUT2D eigenvalue weighted by atomic mass is 10.1. The van der Waals surface area contributed by atoms with Gasteiger partial charge in [-0.1, -0.05) is 37.3 Å². The molecule has 0 aliphatic carbocycles. The van der Waals surface area contributed by atoms with Gasteiger partial charge in [-0.25, -0.2) is 4.68 Å². The molecular formula is C36H55N7O5. The normalized spacial score (nSPS) is 17.8. The summed E-state index contributed by atoms with van der Waals surface area (Å²) in [6.45, 7) is 15.6. The second kappa shape index (κ2) is 21.8. The number of aromatic nitrogens is 3.